The Bertz CT molecular complexity index is 390. The number of rotatable bonds is 3. The van der Waals surface area contributed by atoms with Gasteiger partial charge in [-0.25, -0.2) is 9.67 Å². The van der Waals surface area contributed by atoms with Gasteiger partial charge in [-0.3, -0.25) is 0 Å². The molecular weight excluding hydrogens is 224 g/mol. The zero-order chi connectivity index (χ0) is 12.2. The molecule has 0 spiro atoms. The van der Waals surface area contributed by atoms with Gasteiger partial charge in [-0.1, -0.05) is 0 Å². The maximum absolute atomic E-state index is 6.10. The smallest absolute Gasteiger partial charge is 0.137 e. The number of hydrogen-bond donors (Lipinski definition) is 1. The van der Waals surface area contributed by atoms with Crippen molar-refractivity contribution in [3.63, 3.8) is 0 Å². The van der Waals surface area contributed by atoms with Crippen LogP contribution >= 0.6 is 0 Å². The Morgan fingerprint density at radius 2 is 1.78 bits per heavy atom. The Hall–Kier alpha value is -0.900. The average Bonchev–Trinajstić information content (AvgIpc) is 2.81. The van der Waals surface area contributed by atoms with E-state index in [0.29, 0.717) is 18.0 Å². The molecule has 0 saturated heterocycles. The van der Waals surface area contributed by atoms with E-state index >= 15 is 0 Å². The molecule has 1 heterocycles. The van der Waals surface area contributed by atoms with E-state index in [0.717, 1.165) is 17.8 Å². The molecular formula is C14H22N4. The lowest BCUT2D eigenvalue weighted by molar-refractivity contribution is -0.0830. The summed E-state index contributed by atoms with van der Waals surface area (Å²) in [6.45, 7) is 0.704. The predicted octanol–water partition coefficient (Wildman–Crippen LogP) is 1.99. The normalized spacial score (nSPS) is 43.3. The molecule has 18 heavy (non-hydrogen) atoms. The Kier molecular flexibility index (Phi) is 2.31. The van der Waals surface area contributed by atoms with Crippen LogP contribution in [0.2, 0.25) is 0 Å². The molecule has 0 radical (unpaired) electrons. The van der Waals surface area contributed by atoms with Gasteiger partial charge in [0.2, 0.25) is 0 Å². The minimum atomic E-state index is 0.369. The highest BCUT2D eigenvalue weighted by Gasteiger charge is 2.54. The van der Waals surface area contributed by atoms with Crippen molar-refractivity contribution in [2.24, 2.45) is 28.9 Å². The summed E-state index contributed by atoms with van der Waals surface area (Å²) in [5, 5.41) is 4.37. The van der Waals surface area contributed by atoms with Crippen LogP contribution in [-0.2, 0) is 0 Å². The van der Waals surface area contributed by atoms with Crippen LogP contribution in [0.5, 0.6) is 0 Å². The lowest BCUT2D eigenvalue weighted by atomic mass is 9.47. The quantitative estimate of drug-likeness (QED) is 0.887. The molecule has 1 atom stereocenters. The van der Waals surface area contributed by atoms with Crippen LogP contribution in [0, 0.1) is 23.2 Å². The average molecular weight is 246 g/mol. The molecule has 0 aromatic carbocycles. The van der Waals surface area contributed by atoms with Crippen LogP contribution in [0.1, 0.15) is 44.6 Å². The van der Waals surface area contributed by atoms with Gasteiger partial charge < -0.3 is 5.73 Å². The van der Waals surface area contributed by atoms with Gasteiger partial charge in [0.25, 0.3) is 0 Å². The van der Waals surface area contributed by atoms with Crippen molar-refractivity contribution >= 4 is 0 Å². The molecule has 4 nitrogen and oxygen atoms in total. The molecule has 0 amide bonds. The van der Waals surface area contributed by atoms with Gasteiger partial charge in [0.15, 0.2) is 0 Å². The number of nitrogens with two attached hydrogens (primary N) is 1. The van der Waals surface area contributed by atoms with Crippen LogP contribution < -0.4 is 5.73 Å². The molecule has 4 fully saturated rings. The number of hydrogen-bond acceptors (Lipinski definition) is 3. The highest BCUT2D eigenvalue weighted by atomic mass is 15.3. The second-order valence-electron chi connectivity index (χ2n) is 6.91. The molecule has 2 N–H and O–H groups in total. The van der Waals surface area contributed by atoms with E-state index in [2.05, 4.69) is 10.1 Å². The van der Waals surface area contributed by atoms with Gasteiger partial charge in [-0.15, -0.1) is 0 Å². The second-order valence-corrected chi connectivity index (χ2v) is 6.91. The topological polar surface area (TPSA) is 56.7 Å². The lowest BCUT2D eigenvalue weighted by Gasteiger charge is -2.59. The summed E-state index contributed by atoms with van der Waals surface area (Å²) >= 11 is 0. The Balaban J connectivity index is 1.70. The first-order valence-corrected chi connectivity index (χ1v) is 7.33. The van der Waals surface area contributed by atoms with Crippen LogP contribution in [0.4, 0.5) is 0 Å². The third-order valence-electron chi connectivity index (χ3n) is 5.77. The lowest BCUT2D eigenvalue weighted by Crippen LogP contribution is -2.51. The van der Waals surface area contributed by atoms with Crippen molar-refractivity contribution in [2.45, 2.75) is 44.6 Å². The number of aromatic nitrogens is 3. The molecule has 4 aliphatic carbocycles. The summed E-state index contributed by atoms with van der Waals surface area (Å²) in [6.07, 6.45) is 12.1. The molecule has 1 aromatic rings. The number of nitrogens with zero attached hydrogens (tertiary/aromatic N) is 3. The van der Waals surface area contributed by atoms with E-state index in [-0.39, 0.29) is 0 Å². The summed E-state index contributed by atoms with van der Waals surface area (Å²) in [5.74, 6) is 2.90. The highest BCUT2D eigenvalue weighted by molar-refractivity contribution is 5.05. The zero-order valence-corrected chi connectivity index (χ0v) is 10.8. The maximum Gasteiger partial charge on any atom is 0.137 e. The first-order chi connectivity index (χ1) is 8.79. The zero-order valence-electron chi connectivity index (χ0n) is 10.8. The molecule has 1 unspecified atom stereocenters. The van der Waals surface area contributed by atoms with Gasteiger partial charge in [0, 0.05) is 6.54 Å². The van der Waals surface area contributed by atoms with Crippen molar-refractivity contribution in [1.29, 1.82) is 0 Å². The Morgan fingerprint density at radius 3 is 2.22 bits per heavy atom. The highest BCUT2D eigenvalue weighted by Crippen LogP contribution is 2.63. The molecule has 4 aliphatic rings. The minimum absolute atomic E-state index is 0.369. The molecule has 4 saturated carbocycles. The van der Waals surface area contributed by atoms with Crippen molar-refractivity contribution < 1.29 is 0 Å². The van der Waals surface area contributed by atoms with Crippen LogP contribution in [-0.4, -0.2) is 21.3 Å². The molecule has 5 rings (SSSR count). The van der Waals surface area contributed by atoms with Crippen molar-refractivity contribution in [3.8, 4) is 0 Å². The molecule has 4 heteroatoms. The predicted molar refractivity (Wildman–Crippen MR) is 68.7 cm³/mol. The first-order valence-electron chi connectivity index (χ1n) is 7.33. The summed E-state index contributed by atoms with van der Waals surface area (Å²) in [4.78, 5) is 4.11. The van der Waals surface area contributed by atoms with Crippen LogP contribution in [0.15, 0.2) is 12.7 Å². The van der Waals surface area contributed by atoms with Crippen LogP contribution in [0.3, 0.4) is 0 Å². The van der Waals surface area contributed by atoms with E-state index in [1.165, 1.54) is 38.5 Å². The van der Waals surface area contributed by atoms with E-state index in [1.807, 2.05) is 11.0 Å². The van der Waals surface area contributed by atoms with Crippen molar-refractivity contribution in [2.75, 3.05) is 6.54 Å². The summed E-state index contributed by atoms with van der Waals surface area (Å²) < 4.78 is 2.03. The maximum atomic E-state index is 6.10. The Morgan fingerprint density at radius 1 is 1.17 bits per heavy atom. The van der Waals surface area contributed by atoms with Gasteiger partial charge >= 0.3 is 0 Å². The third-order valence-corrected chi connectivity index (χ3v) is 5.77. The van der Waals surface area contributed by atoms with Crippen molar-refractivity contribution in [3.05, 3.63) is 12.7 Å². The minimum Gasteiger partial charge on any atom is -0.328 e. The fourth-order valence-electron chi connectivity index (χ4n) is 5.60. The van der Waals surface area contributed by atoms with Gasteiger partial charge in [-0.05, 0) is 61.7 Å². The van der Waals surface area contributed by atoms with Crippen molar-refractivity contribution in [1.82, 2.24) is 14.8 Å². The largest absolute Gasteiger partial charge is 0.328 e. The summed E-state index contributed by atoms with van der Waals surface area (Å²) in [7, 11) is 0. The molecule has 1 aromatic heterocycles. The molecule has 98 valence electrons. The van der Waals surface area contributed by atoms with Gasteiger partial charge in [-0.2, -0.15) is 5.10 Å². The van der Waals surface area contributed by atoms with E-state index in [1.54, 1.807) is 6.33 Å². The van der Waals surface area contributed by atoms with Gasteiger partial charge in [0.05, 0.1) is 6.04 Å². The van der Waals surface area contributed by atoms with E-state index < -0.39 is 0 Å². The van der Waals surface area contributed by atoms with Crippen LogP contribution in [0.25, 0.3) is 0 Å². The van der Waals surface area contributed by atoms with E-state index in [4.69, 9.17) is 5.73 Å². The Labute approximate surface area is 108 Å². The summed E-state index contributed by atoms with van der Waals surface area (Å²) in [6, 6.07) is 0.369. The third kappa shape index (κ3) is 1.48. The SMILES string of the molecule is NCC(n1cncn1)C12CC3CC(CC(C3)C1)C2. The fraction of sp³-hybridized carbons (Fsp3) is 0.857. The molecule has 0 aliphatic heterocycles. The first kappa shape index (κ1) is 11.0. The monoisotopic (exact) mass is 246 g/mol. The van der Waals surface area contributed by atoms with E-state index in [9.17, 15) is 0 Å². The second kappa shape index (κ2) is 3.80. The van der Waals surface area contributed by atoms with Gasteiger partial charge in [0.1, 0.15) is 12.7 Å². The fourth-order valence-corrected chi connectivity index (χ4v) is 5.60. The summed E-state index contributed by atoms with van der Waals surface area (Å²) in [5.41, 5.74) is 6.52. The standard InChI is InChI=1S/C14H22N4/c15-7-13(18-9-16-8-17-18)14-4-10-1-11(5-14)3-12(2-10)6-14/h8-13H,1-7,15H2. The molecule has 4 bridgehead atoms.